The molecule has 16 heavy (non-hydrogen) atoms. The number of hydrogen-bond acceptors (Lipinski definition) is 1. The molecule has 88 valence electrons. The lowest BCUT2D eigenvalue weighted by molar-refractivity contribution is 0.0903. The molecule has 0 N–H and O–H groups in total. The zero-order valence-corrected chi connectivity index (χ0v) is 9.79. The third-order valence-corrected chi connectivity index (χ3v) is 3.46. The zero-order valence-electron chi connectivity index (χ0n) is 9.79. The predicted molar refractivity (Wildman–Crippen MR) is 63.1 cm³/mol. The monoisotopic (exact) mass is 222 g/mol. The van der Waals surface area contributed by atoms with Gasteiger partial charge in [0.2, 0.25) is 0 Å². The summed E-state index contributed by atoms with van der Waals surface area (Å²) in [5, 5.41) is 0. The quantitative estimate of drug-likeness (QED) is 0.745. The van der Waals surface area contributed by atoms with Crippen LogP contribution in [0.5, 0.6) is 5.75 Å². The molecule has 0 aromatic heterocycles. The van der Waals surface area contributed by atoms with Crippen LogP contribution in [0.1, 0.15) is 39.0 Å². The maximum absolute atomic E-state index is 12.8. The van der Waals surface area contributed by atoms with E-state index < -0.39 is 0 Å². The van der Waals surface area contributed by atoms with Crippen LogP contribution in [0.15, 0.2) is 24.3 Å². The Morgan fingerprint density at radius 1 is 1.19 bits per heavy atom. The van der Waals surface area contributed by atoms with Crippen molar-refractivity contribution in [2.45, 2.75) is 45.1 Å². The molecule has 1 nitrogen and oxygen atoms in total. The molecule has 0 radical (unpaired) electrons. The van der Waals surface area contributed by atoms with Gasteiger partial charge in [0.05, 0.1) is 0 Å². The summed E-state index contributed by atoms with van der Waals surface area (Å²) < 4.78 is 18.7. The Kier molecular flexibility index (Phi) is 3.81. The number of hydrogen-bond donors (Lipinski definition) is 0. The molecule has 2 heteroatoms. The average Bonchev–Trinajstić information content (AvgIpc) is 2.33. The molecule has 1 aliphatic carbocycles. The molecule has 0 heterocycles. The summed E-state index contributed by atoms with van der Waals surface area (Å²) in [5.74, 6) is 1.26. The van der Waals surface area contributed by atoms with Crippen molar-refractivity contribution >= 4 is 0 Å². The fraction of sp³-hybridized carbons (Fsp3) is 0.571. The fourth-order valence-corrected chi connectivity index (χ4v) is 2.48. The maximum atomic E-state index is 12.8. The van der Waals surface area contributed by atoms with Gasteiger partial charge in [0.25, 0.3) is 0 Å². The van der Waals surface area contributed by atoms with Gasteiger partial charge in [-0.2, -0.15) is 0 Å². The predicted octanol–water partition coefficient (Wildman–Crippen LogP) is 4.17. The highest BCUT2D eigenvalue weighted by molar-refractivity contribution is 5.22. The first-order valence-corrected chi connectivity index (χ1v) is 6.22. The number of rotatable bonds is 3. The minimum Gasteiger partial charge on any atom is -0.490 e. The third-order valence-electron chi connectivity index (χ3n) is 3.46. The molecule has 1 aromatic rings. The van der Waals surface area contributed by atoms with E-state index in [0.717, 1.165) is 12.2 Å². The first kappa shape index (κ1) is 11.4. The second-order valence-electron chi connectivity index (χ2n) is 4.56. The number of benzene rings is 1. The van der Waals surface area contributed by atoms with Gasteiger partial charge in [-0.05, 0) is 55.9 Å². The molecule has 0 aliphatic heterocycles. The highest BCUT2D eigenvalue weighted by atomic mass is 19.1. The molecular formula is C14H19FO. The van der Waals surface area contributed by atoms with Crippen LogP contribution in [0.2, 0.25) is 0 Å². The molecule has 2 unspecified atom stereocenters. The van der Waals surface area contributed by atoms with E-state index in [4.69, 9.17) is 4.74 Å². The topological polar surface area (TPSA) is 9.23 Å². The van der Waals surface area contributed by atoms with Crippen LogP contribution in [-0.2, 0) is 0 Å². The van der Waals surface area contributed by atoms with E-state index in [1.54, 1.807) is 12.1 Å². The summed E-state index contributed by atoms with van der Waals surface area (Å²) in [6.45, 7) is 2.22. The van der Waals surface area contributed by atoms with E-state index in [0.29, 0.717) is 12.0 Å². The van der Waals surface area contributed by atoms with E-state index in [1.165, 1.54) is 37.8 Å². The summed E-state index contributed by atoms with van der Waals surface area (Å²) in [6, 6.07) is 6.35. The number of ether oxygens (including phenoxy) is 1. The summed E-state index contributed by atoms with van der Waals surface area (Å²) in [4.78, 5) is 0. The van der Waals surface area contributed by atoms with E-state index in [-0.39, 0.29) is 5.82 Å². The van der Waals surface area contributed by atoms with E-state index >= 15 is 0 Å². The summed E-state index contributed by atoms with van der Waals surface area (Å²) >= 11 is 0. The van der Waals surface area contributed by atoms with Crippen LogP contribution < -0.4 is 4.74 Å². The van der Waals surface area contributed by atoms with Gasteiger partial charge in [0, 0.05) is 0 Å². The lowest BCUT2D eigenvalue weighted by Gasteiger charge is -2.31. The Bertz CT molecular complexity index is 320. The largest absolute Gasteiger partial charge is 0.490 e. The van der Waals surface area contributed by atoms with Crippen molar-refractivity contribution in [2.75, 3.05) is 0 Å². The Balaban J connectivity index is 1.99. The fourth-order valence-electron chi connectivity index (χ4n) is 2.48. The Labute approximate surface area is 96.6 Å². The van der Waals surface area contributed by atoms with Gasteiger partial charge in [0.15, 0.2) is 0 Å². The lowest BCUT2D eigenvalue weighted by Crippen LogP contribution is -2.29. The van der Waals surface area contributed by atoms with Crippen molar-refractivity contribution in [1.82, 2.24) is 0 Å². The van der Waals surface area contributed by atoms with Crippen LogP contribution in [0.25, 0.3) is 0 Å². The van der Waals surface area contributed by atoms with Crippen LogP contribution in [0, 0.1) is 11.7 Å². The zero-order chi connectivity index (χ0) is 11.4. The van der Waals surface area contributed by atoms with Gasteiger partial charge in [-0.1, -0.05) is 13.3 Å². The molecule has 0 amide bonds. The van der Waals surface area contributed by atoms with Crippen molar-refractivity contribution in [1.29, 1.82) is 0 Å². The van der Waals surface area contributed by atoms with Crippen LogP contribution in [0.4, 0.5) is 4.39 Å². The maximum Gasteiger partial charge on any atom is 0.123 e. The van der Waals surface area contributed by atoms with E-state index in [9.17, 15) is 4.39 Å². The molecule has 2 atom stereocenters. The molecule has 1 aliphatic rings. The summed E-state index contributed by atoms with van der Waals surface area (Å²) in [5.41, 5.74) is 0. The van der Waals surface area contributed by atoms with Crippen LogP contribution >= 0.6 is 0 Å². The Morgan fingerprint density at radius 3 is 2.56 bits per heavy atom. The highest BCUT2D eigenvalue weighted by Gasteiger charge is 2.25. The van der Waals surface area contributed by atoms with Crippen molar-refractivity contribution in [2.24, 2.45) is 5.92 Å². The minimum absolute atomic E-state index is 0.206. The normalized spacial score (nSPS) is 25.4. The molecule has 0 spiro atoms. The Hall–Kier alpha value is -1.05. The summed E-state index contributed by atoms with van der Waals surface area (Å²) in [6.07, 6.45) is 6.47. The average molecular weight is 222 g/mol. The van der Waals surface area contributed by atoms with Gasteiger partial charge in [0.1, 0.15) is 17.7 Å². The Morgan fingerprint density at radius 2 is 1.88 bits per heavy atom. The van der Waals surface area contributed by atoms with Gasteiger partial charge in [-0.15, -0.1) is 0 Å². The van der Waals surface area contributed by atoms with E-state index in [1.807, 2.05) is 0 Å². The van der Waals surface area contributed by atoms with Gasteiger partial charge in [-0.25, -0.2) is 4.39 Å². The SMILES string of the molecule is CCC1CCCCC1Oc1ccc(F)cc1. The molecule has 1 aromatic carbocycles. The molecule has 0 saturated heterocycles. The molecule has 1 saturated carbocycles. The molecular weight excluding hydrogens is 203 g/mol. The first-order chi connectivity index (χ1) is 7.79. The van der Waals surface area contributed by atoms with Crippen LogP contribution in [0.3, 0.4) is 0 Å². The van der Waals surface area contributed by atoms with Crippen molar-refractivity contribution in [3.8, 4) is 5.75 Å². The van der Waals surface area contributed by atoms with E-state index in [2.05, 4.69) is 6.92 Å². The minimum atomic E-state index is -0.206. The number of halogens is 1. The highest BCUT2D eigenvalue weighted by Crippen LogP contribution is 2.30. The molecule has 1 fully saturated rings. The van der Waals surface area contributed by atoms with Crippen molar-refractivity contribution < 1.29 is 9.13 Å². The standard InChI is InChI=1S/C14H19FO/c1-2-11-5-3-4-6-14(11)16-13-9-7-12(15)8-10-13/h7-11,14H,2-6H2,1H3. The van der Waals surface area contributed by atoms with Gasteiger partial charge >= 0.3 is 0 Å². The van der Waals surface area contributed by atoms with Gasteiger partial charge in [-0.3, -0.25) is 0 Å². The third kappa shape index (κ3) is 2.75. The first-order valence-electron chi connectivity index (χ1n) is 6.22. The van der Waals surface area contributed by atoms with Crippen molar-refractivity contribution in [3.05, 3.63) is 30.1 Å². The van der Waals surface area contributed by atoms with Crippen LogP contribution in [-0.4, -0.2) is 6.10 Å². The van der Waals surface area contributed by atoms with Gasteiger partial charge < -0.3 is 4.74 Å². The second kappa shape index (κ2) is 5.33. The van der Waals surface area contributed by atoms with Crippen molar-refractivity contribution in [3.63, 3.8) is 0 Å². The smallest absolute Gasteiger partial charge is 0.123 e. The summed E-state index contributed by atoms with van der Waals surface area (Å²) in [7, 11) is 0. The molecule has 0 bridgehead atoms. The lowest BCUT2D eigenvalue weighted by atomic mass is 9.85. The second-order valence-corrected chi connectivity index (χ2v) is 4.56. The molecule has 2 rings (SSSR count).